The first kappa shape index (κ1) is 14.7. The molecule has 1 saturated carbocycles. The summed E-state index contributed by atoms with van der Waals surface area (Å²) in [4.78, 5) is -1.51. The highest BCUT2D eigenvalue weighted by molar-refractivity contribution is 6.77. The molecule has 0 unspecified atom stereocenters. The number of rotatable bonds is 1. The molecule has 93 valence electrons. The standard InChI is InChI=1S/C10H4Cl7/c11-7(6-4-2-1-3-5-6)8(12,13)10(16,17)9(7,14)15/h2-5H. The van der Waals surface area contributed by atoms with Gasteiger partial charge in [-0.05, 0) is 11.6 Å². The first-order chi connectivity index (χ1) is 7.61. The molecular weight excluding hydrogens is 368 g/mol. The van der Waals surface area contributed by atoms with Crippen LogP contribution in [0.4, 0.5) is 0 Å². The zero-order chi connectivity index (χ0) is 13.1. The topological polar surface area (TPSA) is 0 Å². The second-order valence-electron chi connectivity index (χ2n) is 3.67. The molecule has 1 aromatic rings. The summed E-state index contributed by atoms with van der Waals surface area (Å²) in [6.45, 7) is 0. The summed E-state index contributed by atoms with van der Waals surface area (Å²) in [6, 6.07) is 9.40. The molecule has 1 aromatic carbocycles. The van der Waals surface area contributed by atoms with Crippen LogP contribution in [0.25, 0.3) is 0 Å². The second kappa shape index (κ2) is 4.12. The molecule has 7 heteroatoms. The molecule has 0 aliphatic heterocycles. The van der Waals surface area contributed by atoms with Crippen LogP contribution >= 0.6 is 81.2 Å². The predicted molar refractivity (Wildman–Crippen MR) is 76.1 cm³/mol. The first-order valence-electron chi connectivity index (χ1n) is 4.39. The van der Waals surface area contributed by atoms with E-state index in [0.29, 0.717) is 5.56 Å². The van der Waals surface area contributed by atoms with Gasteiger partial charge in [0.05, 0.1) is 0 Å². The molecule has 0 aromatic heterocycles. The zero-order valence-corrected chi connectivity index (χ0v) is 13.2. The molecule has 1 aliphatic carbocycles. The van der Waals surface area contributed by atoms with Crippen LogP contribution < -0.4 is 0 Å². The third-order valence-corrected chi connectivity index (χ3v) is 8.12. The highest BCUT2D eigenvalue weighted by Crippen LogP contribution is 2.79. The third-order valence-electron chi connectivity index (χ3n) is 2.77. The van der Waals surface area contributed by atoms with Crippen LogP contribution in [0.1, 0.15) is 5.56 Å². The maximum atomic E-state index is 6.39. The normalized spacial score (nSPS) is 27.2. The van der Waals surface area contributed by atoms with Crippen molar-refractivity contribution in [3.63, 3.8) is 0 Å². The molecule has 0 amide bonds. The average molecular weight is 372 g/mol. The Balaban J connectivity index is 2.60. The second-order valence-corrected chi connectivity index (χ2v) is 8.22. The van der Waals surface area contributed by atoms with E-state index in [1.54, 1.807) is 24.3 Å². The molecule has 1 aliphatic rings. The summed E-state index contributed by atoms with van der Waals surface area (Å²) < 4.78 is -5.24. The van der Waals surface area contributed by atoms with Crippen LogP contribution in [-0.4, -0.2) is 13.0 Å². The van der Waals surface area contributed by atoms with Gasteiger partial charge in [-0.15, -0.1) is 11.6 Å². The van der Waals surface area contributed by atoms with Gasteiger partial charge in [0.15, 0.2) is 13.0 Å². The fourth-order valence-corrected chi connectivity index (χ4v) is 4.87. The van der Waals surface area contributed by atoms with Gasteiger partial charge >= 0.3 is 0 Å². The molecule has 0 atom stereocenters. The largest absolute Gasteiger partial charge is 0.187 e. The number of halogens is 7. The maximum absolute atomic E-state index is 6.39. The van der Waals surface area contributed by atoms with Crippen LogP contribution in [-0.2, 0) is 4.87 Å². The highest BCUT2D eigenvalue weighted by Gasteiger charge is 2.87. The van der Waals surface area contributed by atoms with Gasteiger partial charge in [-0.1, -0.05) is 93.9 Å². The Bertz CT molecular complexity index is 419. The van der Waals surface area contributed by atoms with Gasteiger partial charge in [0, 0.05) is 0 Å². The van der Waals surface area contributed by atoms with E-state index in [9.17, 15) is 0 Å². The van der Waals surface area contributed by atoms with Crippen molar-refractivity contribution in [3.05, 3.63) is 35.9 Å². The van der Waals surface area contributed by atoms with Crippen molar-refractivity contribution in [1.82, 2.24) is 0 Å². The number of alkyl halides is 7. The van der Waals surface area contributed by atoms with E-state index in [4.69, 9.17) is 81.2 Å². The minimum Gasteiger partial charge on any atom is -0.107 e. The number of hydrogen-bond donors (Lipinski definition) is 0. The lowest BCUT2D eigenvalue weighted by molar-refractivity contribution is 0.280. The van der Waals surface area contributed by atoms with Gasteiger partial charge in [-0.25, -0.2) is 0 Å². The SMILES string of the molecule is ClC1(Cl)C(Cl)(Cl)C(Cl)(c2cc[c]cc2)C1(Cl)Cl. The Morgan fingerprint density at radius 1 is 0.706 bits per heavy atom. The van der Waals surface area contributed by atoms with Gasteiger partial charge in [0.25, 0.3) is 0 Å². The van der Waals surface area contributed by atoms with E-state index in [1.807, 2.05) is 0 Å². The summed E-state index contributed by atoms with van der Waals surface area (Å²) >= 11 is 42.8. The highest BCUT2D eigenvalue weighted by atomic mass is 35.5. The molecule has 0 saturated heterocycles. The van der Waals surface area contributed by atoms with Crippen molar-refractivity contribution in [2.45, 2.75) is 17.9 Å². The van der Waals surface area contributed by atoms with Gasteiger partial charge < -0.3 is 0 Å². The molecule has 1 fully saturated rings. The smallest absolute Gasteiger partial charge is 0.107 e. The van der Waals surface area contributed by atoms with E-state index < -0.39 is 17.9 Å². The van der Waals surface area contributed by atoms with Crippen molar-refractivity contribution in [3.8, 4) is 0 Å². The summed E-state index contributed by atoms with van der Waals surface area (Å²) in [6.07, 6.45) is 0. The Kier molecular flexibility index (Phi) is 3.55. The molecule has 0 spiro atoms. The van der Waals surface area contributed by atoms with Crippen LogP contribution in [0.15, 0.2) is 24.3 Å². The molecular formula is C10H4Cl7. The molecule has 2 rings (SSSR count). The lowest BCUT2D eigenvalue weighted by Gasteiger charge is -2.64. The van der Waals surface area contributed by atoms with Crippen molar-refractivity contribution in [2.24, 2.45) is 0 Å². The lowest BCUT2D eigenvalue weighted by atomic mass is 9.75. The van der Waals surface area contributed by atoms with E-state index >= 15 is 0 Å². The summed E-state index contributed by atoms with van der Waals surface area (Å²) in [5, 5.41) is 0. The van der Waals surface area contributed by atoms with Crippen LogP contribution in [0.5, 0.6) is 0 Å². The minimum absolute atomic E-state index is 0.518. The Hall–Kier alpha value is 1.25. The fraction of sp³-hybridized carbons (Fsp3) is 0.400. The van der Waals surface area contributed by atoms with Crippen LogP contribution in [0.2, 0.25) is 0 Å². The Morgan fingerprint density at radius 2 is 1.12 bits per heavy atom. The first-order valence-corrected chi connectivity index (χ1v) is 7.04. The lowest BCUT2D eigenvalue weighted by Crippen LogP contribution is -2.78. The van der Waals surface area contributed by atoms with Gasteiger partial charge in [-0.3, -0.25) is 0 Å². The van der Waals surface area contributed by atoms with Crippen molar-refractivity contribution < 1.29 is 0 Å². The number of hydrogen-bond acceptors (Lipinski definition) is 0. The monoisotopic (exact) mass is 369 g/mol. The van der Waals surface area contributed by atoms with Crippen molar-refractivity contribution in [1.29, 1.82) is 0 Å². The van der Waals surface area contributed by atoms with Crippen LogP contribution in [0, 0.1) is 6.07 Å². The molecule has 17 heavy (non-hydrogen) atoms. The molecule has 0 nitrogen and oxygen atoms in total. The zero-order valence-electron chi connectivity index (χ0n) is 7.96. The average Bonchev–Trinajstić information content (AvgIpc) is 2.27. The van der Waals surface area contributed by atoms with E-state index in [1.165, 1.54) is 0 Å². The molecule has 0 bridgehead atoms. The summed E-state index contributed by atoms with van der Waals surface area (Å²) in [5.41, 5.74) is 0.518. The fourth-order valence-electron chi connectivity index (χ4n) is 1.74. The summed E-state index contributed by atoms with van der Waals surface area (Å²) in [7, 11) is 0. The van der Waals surface area contributed by atoms with Gasteiger partial charge in [0.1, 0.15) is 4.87 Å². The van der Waals surface area contributed by atoms with Crippen LogP contribution in [0.3, 0.4) is 0 Å². The molecule has 1 radical (unpaired) electrons. The summed E-state index contributed by atoms with van der Waals surface area (Å²) in [5.74, 6) is 0. The predicted octanol–water partition coefficient (Wildman–Crippen LogP) is 5.46. The number of benzene rings is 1. The molecule has 0 N–H and O–H groups in total. The molecule has 0 heterocycles. The van der Waals surface area contributed by atoms with Crippen molar-refractivity contribution >= 4 is 81.2 Å². The third kappa shape index (κ3) is 1.53. The van der Waals surface area contributed by atoms with E-state index in [-0.39, 0.29) is 0 Å². The van der Waals surface area contributed by atoms with Gasteiger partial charge in [-0.2, -0.15) is 0 Å². The van der Waals surface area contributed by atoms with Crippen molar-refractivity contribution in [2.75, 3.05) is 0 Å². The van der Waals surface area contributed by atoms with Gasteiger partial charge in [0.2, 0.25) is 0 Å². The Morgan fingerprint density at radius 3 is 1.53 bits per heavy atom. The maximum Gasteiger partial charge on any atom is 0.187 e. The quantitative estimate of drug-likeness (QED) is 0.575. The minimum atomic E-state index is -1.78. The van der Waals surface area contributed by atoms with E-state index in [0.717, 1.165) is 0 Å². The Labute approximate surface area is 134 Å². The van der Waals surface area contributed by atoms with E-state index in [2.05, 4.69) is 6.07 Å².